The van der Waals surface area contributed by atoms with Crippen LogP contribution in [-0.4, -0.2) is 23.6 Å². The van der Waals surface area contributed by atoms with Gasteiger partial charge in [-0.2, -0.15) is 0 Å². The smallest absolute Gasteiger partial charge is 0.302 e. The number of carbonyl (C=O) groups excluding carboxylic acids is 3. The normalized spacial score (nSPS) is 46.0. The van der Waals surface area contributed by atoms with E-state index in [-0.39, 0.29) is 40.5 Å². The molecule has 4 heteroatoms. The molecular weight excluding hydrogens is 340 g/mol. The van der Waals surface area contributed by atoms with Crippen molar-refractivity contribution >= 4 is 17.5 Å². The number of Topliss-reactive ketones (excluding diaryl/α,β-unsaturated/α-hetero) is 2. The van der Waals surface area contributed by atoms with Crippen LogP contribution in [0.4, 0.5) is 0 Å². The molecule has 0 aromatic carbocycles. The molecule has 7 atom stereocenters. The molecule has 0 heterocycles. The van der Waals surface area contributed by atoms with Crippen LogP contribution in [0.3, 0.4) is 0 Å². The third kappa shape index (κ3) is 2.74. The molecule has 4 aliphatic carbocycles. The number of hydrogen-bond donors (Lipinski definition) is 0. The van der Waals surface area contributed by atoms with E-state index in [0.29, 0.717) is 30.5 Å². The molecule has 4 rings (SSSR count). The average Bonchev–Trinajstić information content (AvgIpc) is 2.91. The maximum Gasteiger partial charge on any atom is 0.302 e. The van der Waals surface area contributed by atoms with Crippen molar-refractivity contribution in [2.45, 2.75) is 78.7 Å². The van der Waals surface area contributed by atoms with Gasteiger partial charge in [-0.3, -0.25) is 14.4 Å². The van der Waals surface area contributed by atoms with E-state index in [4.69, 9.17) is 4.74 Å². The Morgan fingerprint density at radius 3 is 2.59 bits per heavy atom. The van der Waals surface area contributed by atoms with E-state index in [0.717, 1.165) is 32.1 Å². The molecule has 148 valence electrons. The Morgan fingerprint density at radius 1 is 1.19 bits per heavy atom. The molecule has 0 radical (unpaired) electrons. The van der Waals surface area contributed by atoms with E-state index < -0.39 is 0 Å². The molecule has 4 nitrogen and oxygen atoms in total. The van der Waals surface area contributed by atoms with E-state index in [9.17, 15) is 14.4 Å². The molecule has 0 aromatic heterocycles. The zero-order chi connectivity index (χ0) is 19.6. The zero-order valence-electron chi connectivity index (χ0n) is 17.0. The van der Waals surface area contributed by atoms with Gasteiger partial charge in [-0.1, -0.05) is 25.5 Å². The fourth-order valence-electron chi connectivity index (χ4n) is 7.56. The SMILES string of the molecule is CC(=O)OC1C[C@]2(C)[C@@H](C(C)=O)CC[C@H]2[C@@H]2CC=C3CC(=O)CC[C@]3(C)[C@@H]12. The van der Waals surface area contributed by atoms with Gasteiger partial charge in [-0.05, 0) is 61.7 Å². The maximum absolute atomic E-state index is 12.4. The van der Waals surface area contributed by atoms with E-state index in [1.165, 1.54) is 12.5 Å². The second-order valence-electron chi connectivity index (χ2n) is 9.99. The van der Waals surface area contributed by atoms with E-state index in [1.807, 2.05) is 0 Å². The first-order valence-corrected chi connectivity index (χ1v) is 10.6. The summed E-state index contributed by atoms with van der Waals surface area (Å²) in [6, 6.07) is 0. The van der Waals surface area contributed by atoms with Gasteiger partial charge in [-0.25, -0.2) is 0 Å². The maximum atomic E-state index is 12.4. The molecule has 4 aliphatic rings. The van der Waals surface area contributed by atoms with Crippen molar-refractivity contribution in [3.8, 4) is 0 Å². The van der Waals surface area contributed by atoms with Crippen LogP contribution in [0.15, 0.2) is 11.6 Å². The number of ketones is 2. The third-order valence-corrected chi connectivity index (χ3v) is 8.65. The highest BCUT2D eigenvalue weighted by Crippen LogP contribution is 2.66. The summed E-state index contributed by atoms with van der Waals surface area (Å²) in [6.45, 7) is 7.76. The highest BCUT2D eigenvalue weighted by molar-refractivity contribution is 5.83. The minimum atomic E-state index is -0.232. The largest absolute Gasteiger partial charge is 0.462 e. The van der Waals surface area contributed by atoms with Gasteiger partial charge >= 0.3 is 5.97 Å². The topological polar surface area (TPSA) is 60.4 Å². The quantitative estimate of drug-likeness (QED) is 0.537. The highest BCUT2D eigenvalue weighted by Gasteiger charge is 2.63. The second-order valence-corrected chi connectivity index (χ2v) is 9.99. The van der Waals surface area contributed by atoms with Crippen LogP contribution in [0, 0.1) is 34.5 Å². The van der Waals surface area contributed by atoms with Crippen LogP contribution in [0.2, 0.25) is 0 Å². The molecular formula is C23H32O4. The van der Waals surface area contributed by atoms with Crippen LogP contribution < -0.4 is 0 Å². The Bertz CT molecular complexity index is 722. The van der Waals surface area contributed by atoms with Crippen LogP contribution in [-0.2, 0) is 19.1 Å². The van der Waals surface area contributed by atoms with Crippen LogP contribution in [0.25, 0.3) is 0 Å². The summed E-state index contributed by atoms with van der Waals surface area (Å²) in [5, 5.41) is 0. The molecule has 0 bridgehead atoms. The Morgan fingerprint density at radius 2 is 1.93 bits per heavy atom. The minimum Gasteiger partial charge on any atom is -0.462 e. The summed E-state index contributed by atoms with van der Waals surface area (Å²) in [4.78, 5) is 36.4. The number of esters is 1. The van der Waals surface area contributed by atoms with Crippen molar-refractivity contribution in [1.82, 2.24) is 0 Å². The number of hydrogen-bond acceptors (Lipinski definition) is 4. The summed E-state index contributed by atoms with van der Waals surface area (Å²) in [5.41, 5.74) is 1.12. The van der Waals surface area contributed by atoms with Gasteiger partial charge in [-0.15, -0.1) is 0 Å². The summed E-state index contributed by atoms with van der Waals surface area (Å²) >= 11 is 0. The monoisotopic (exact) mass is 372 g/mol. The first-order valence-electron chi connectivity index (χ1n) is 10.6. The van der Waals surface area contributed by atoms with E-state index in [2.05, 4.69) is 19.9 Å². The summed E-state index contributed by atoms with van der Waals surface area (Å²) in [5.74, 6) is 1.64. The summed E-state index contributed by atoms with van der Waals surface area (Å²) < 4.78 is 5.94. The van der Waals surface area contributed by atoms with Crippen LogP contribution in [0.1, 0.15) is 72.6 Å². The van der Waals surface area contributed by atoms with Gasteiger partial charge in [0.15, 0.2) is 0 Å². The number of carbonyl (C=O) groups is 3. The molecule has 27 heavy (non-hydrogen) atoms. The molecule has 0 amide bonds. The van der Waals surface area contributed by atoms with Crippen LogP contribution >= 0.6 is 0 Å². The van der Waals surface area contributed by atoms with Gasteiger partial charge < -0.3 is 4.74 Å². The van der Waals surface area contributed by atoms with Gasteiger partial charge in [0.25, 0.3) is 0 Å². The molecule has 1 unspecified atom stereocenters. The predicted molar refractivity (Wildman–Crippen MR) is 102 cm³/mol. The highest BCUT2D eigenvalue weighted by atomic mass is 16.5. The van der Waals surface area contributed by atoms with Crippen molar-refractivity contribution in [2.24, 2.45) is 34.5 Å². The van der Waals surface area contributed by atoms with Gasteiger partial charge in [0, 0.05) is 31.6 Å². The molecule has 3 saturated carbocycles. The molecule has 3 fully saturated rings. The summed E-state index contributed by atoms with van der Waals surface area (Å²) in [7, 11) is 0. The first kappa shape index (κ1) is 18.9. The lowest BCUT2D eigenvalue weighted by Crippen LogP contribution is -2.57. The van der Waals surface area contributed by atoms with Gasteiger partial charge in [0.05, 0.1) is 0 Å². The molecule has 0 aliphatic heterocycles. The van der Waals surface area contributed by atoms with Gasteiger partial charge in [0.1, 0.15) is 17.7 Å². The van der Waals surface area contributed by atoms with Crippen molar-refractivity contribution < 1.29 is 19.1 Å². The number of fused-ring (bicyclic) bond motifs is 5. The van der Waals surface area contributed by atoms with Gasteiger partial charge in [0.2, 0.25) is 0 Å². The first-order chi connectivity index (χ1) is 12.7. The Labute approximate surface area is 162 Å². The predicted octanol–water partition coefficient (Wildman–Crippen LogP) is 4.27. The lowest BCUT2D eigenvalue weighted by Gasteiger charge is -2.59. The molecule has 0 saturated heterocycles. The minimum absolute atomic E-state index is 0.0629. The van der Waals surface area contributed by atoms with Crippen molar-refractivity contribution in [3.63, 3.8) is 0 Å². The Balaban J connectivity index is 1.77. The Kier molecular flexibility index (Phi) is 4.40. The standard InChI is InChI=1S/C23H32O4/c1-13(24)18-7-8-19-17-6-5-15-11-16(26)9-10-22(15,3)21(17)20(27-14(2)25)12-23(18,19)4/h5,17-21H,6-12H2,1-4H3/t17-,18+,19-,20?,21+,22-,23+/m0/s1. The summed E-state index contributed by atoms with van der Waals surface area (Å²) in [6.07, 6.45) is 7.98. The zero-order valence-corrected chi connectivity index (χ0v) is 17.0. The van der Waals surface area contributed by atoms with Crippen molar-refractivity contribution in [2.75, 3.05) is 0 Å². The van der Waals surface area contributed by atoms with E-state index in [1.54, 1.807) is 6.92 Å². The van der Waals surface area contributed by atoms with Crippen LogP contribution in [0.5, 0.6) is 0 Å². The number of allylic oxidation sites excluding steroid dienone is 2. The molecule has 0 N–H and O–H groups in total. The second kappa shape index (κ2) is 6.28. The van der Waals surface area contributed by atoms with Crippen molar-refractivity contribution in [3.05, 3.63) is 11.6 Å². The lowest BCUT2D eigenvalue weighted by atomic mass is 9.46. The average molecular weight is 373 g/mol. The molecule has 0 spiro atoms. The Hall–Kier alpha value is -1.45. The molecule has 0 aromatic rings. The van der Waals surface area contributed by atoms with E-state index >= 15 is 0 Å². The number of ether oxygens (including phenoxy) is 1. The fraction of sp³-hybridized carbons (Fsp3) is 0.783. The third-order valence-electron chi connectivity index (χ3n) is 8.65. The number of rotatable bonds is 2. The fourth-order valence-corrected chi connectivity index (χ4v) is 7.56. The van der Waals surface area contributed by atoms with Crippen molar-refractivity contribution in [1.29, 1.82) is 0 Å². The lowest BCUT2D eigenvalue weighted by molar-refractivity contribution is -0.174.